The van der Waals surface area contributed by atoms with Crippen molar-refractivity contribution in [3.05, 3.63) is 53.1 Å². The molecule has 2 aromatic heterocycles. The lowest BCUT2D eigenvalue weighted by Crippen LogP contribution is -2.54. The number of carboxylic acids is 1. The van der Waals surface area contributed by atoms with Gasteiger partial charge in [-0.25, -0.2) is 23.4 Å². The number of amidine groups is 1. The van der Waals surface area contributed by atoms with Crippen molar-refractivity contribution in [1.82, 2.24) is 15.1 Å². The molecule has 16 heteroatoms. The van der Waals surface area contributed by atoms with Gasteiger partial charge in [-0.1, -0.05) is 16.8 Å². The highest BCUT2D eigenvalue weighted by Gasteiger charge is 2.47. The van der Waals surface area contributed by atoms with E-state index in [1.165, 1.54) is 24.5 Å². The fourth-order valence-corrected chi connectivity index (χ4v) is 5.22. The number of halogens is 5. The molecule has 0 saturated heterocycles. The van der Waals surface area contributed by atoms with Crippen LogP contribution in [-0.4, -0.2) is 52.9 Å². The van der Waals surface area contributed by atoms with Crippen LogP contribution in [0.15, 0.2) is 46.2 Å². The number of hydrogen-bond acceptors (Lipinski definition) is 9. The molecule has 0 amide bonds. The number of aliphatic imine (C=N–C) groups is 1. The van der Waals surface area contributed by atoms with E-state index in [1.807, 2.05) is 0 Å². The maximum absolute atomic E-state index is 14.9. The quantitative estimate of drug-likeness (QED) is 0.379. The maximum atomic E-state index is 14.9. The highest BCUT2D eigenvalue weighted by atomic mass is 35.5. The summed E-state index contributed by atoms with van der Waals surface area (Å²) in [6.07, 6.45) is -2.19. The number of hydrogen-bond donors (Lipinski definition) is 3. The second-order valence-corrected chi connectivity index (χ2v) is 12.0. The van der Waals surface area contributed by atoms with Gasteiger partial charge in [0.15, 0.2) is 17.3 Å². The molecule has 1 aliphatic heterocycles. The summed E-state index contributed by atoms with van der Waals surface area (Å²) in [7, 11) is -3.18. The molecule has 0 spiro atoms. The molecule has 0 aliphatic carbocycles. The number of aliphatic carboxylic acids is 1. The number of aromatic nitrogens is 3. The number of nitrogens with two attached hydrogens (primary N) is 1. The van der Waals surface area contributed by atoms with Crippen LogP contribution in [0.25, 0.3) is 22.8 Å². The first-order valence-electron chi connectivity index (χ1n) is 10.5. The summed E-state index contributed by atoms with van der Waals surface area (Å²) in [5.41, 5.74) is 5.88. The highest BCUT2D eigenvalue weighted by Crippen LogP contribution is 2.39. The van der Waals surface area contributed by atoms with Gasteiger partial charge in [0, 0.05) is 29.6 Å². The summed E-state index contributed by atoms with van der Waals surface area (Å²) in [4.78, 5) is 21.6. The van der Waals surface area contributed by atoms with Crippen LogP contribution >= 0.6 is 11.6 Å². The Bertz CT molecular complexity index is 1510. The summed E-state index contributed by atoms with van der Waals surface area (Å²) in [5, 5.41) is 11.5. The van der Waals surface area contributed by atoms with Gasteiger partial charge in [-0.15, -0.1) is 0 Å². The fourth-order valence-electron chi connectivity index (χ4n) is 3.37. The molecular weight excluding hydrogens is 556 g/mol. The number of benzene rings is 1. The van der Waals surface area contributed by atoms with Crippen LogP contribution in [0.1, 0.15) is 26.3 Å². The zero-order valence-corrected chi connectivity index (χ0v) is 21.6. The Morgan fingerprint density at radius 2 is 1.79 bits per heavy atom. The van der Waals surface area contributed by atoms with Crippen molar-refractivity contribution in [3.63, 3.8) is 0 Å². The molecule has 0 saturated carbocycles. The van der Waals surface area contributed by atoms with E-state index in [9.17, 15) is 21.8 Å². The third kappa shape index (κ3) is 5.78. The second-order valence-electron chi connectivity index (χ2n) is 8.90. The minimum atomic E-state index is -5.08. The van der Waals surface area contributed by atoms with Gasteiger partial charge in [-0.05, 0) is 39.0 Å². The highest BCUT2D eigenvalue weighted by molar-refractivity contribution is 7.94. The van der Waals surface area contributed by atoms with Crippen LogP contribution in [0.4, 0.5) is 17.6 Å². The van der Waals surface area contributed by atoms with Crippen molar-refractivity contribution in [2.45, 2.75) is 37.2 Å². The van der Waals surface area contributed by atoms with Gasteiger partial charge >= 0.3 is 12.1 Å². The predicted molar refractivity (Wildman–Crippen MR) is 130 cm³/mol. The molecule has 3 heterocycles. The number of nitrogens with one attached hydrogen (secondary N) is 1. The first kappa shape index (κ1) is 29.0. The standard InChI is InChI=1S/C20H20ClFN6O2S.C2HF3O2/c1-19(2)18(23)27-20(3,10-31(19,24)29)13-6-11(4-5-14(13)22)16-7-15(28-30-16)17-25-8-12(21)9-26-17;3-2(4,5)1(6)7/h4-9,24H,10H2,1-3H3,(H2,23,27);(H,6,7)/t20-,31-;/m0./s1. The lowest BCUT2D eigenvalue weighted by Gasteiger charge is -2.39. The molecule has 0 unspecified atom stereocenters. The van der Waals surface area contributed by atoms with E-state index in [4.69, 9.17) is 36.5 Å². The van der Waals surface area contributed by atoms with Gasteiger partial charge in [-0.2, -0.15) is 13.2 Å². The van der Waals surface area contributed by atoms with Gasteiger partial charge < -0.3 is 15.4 Å². The lowest BCUT2D eigenvalue weighted by atomic mass is 9.91. The van der Waals surface area contributed by atoms with Crippen LogP contribution in [0.3, 0.4) is 0 Å². The maximum Gasteiger partial charge on any atom is 0.490 e. The molecule has 38 heavy (non-hydrogen) atoms. The van der Waals surface area contributed by atoms with E-state index < -0.39 is 38.0 Å². The first-order valence-corrected chi connectivity index (χ1v) is 12.6. The van der Waals surface area contributed by atoms with Gasteiger partial charge in [0.1, 0.15) is 21.9 Å². The molecule has 4 N–H and O–H groups in total. The SMILES string of the molecule is CC1(C)C(N)=N[C@](C)(c2cc(-c3cc(-c4ncc(Cl)cn4)no3)ccc2F)C[S@]1(=N)=O.O=C(O)C(F)(F)F. The largest absolute Gasteiger partial charge is 0.490 e. The van der Waals surface area contributed by atoms with Gasteiger partial charge in [0.2, 0.25) is 0 Å². The molecule has 0 bridgehead atoms. The Morgan fingerprint density at radius 1 is 1.21 bits per heavy atom. The average Bonchev–Trinajstić information content (AvgIpc) is 3.28. The number of rotatable bonds is 3. The van der Waals surface area contributed by atoms with E-state index in [-0.39, 0.29) is 17.2 Å². The van der Waals surface area contributed by atoms with Crippen LogP contribution in [0, 0.1) is 10.6 Å². The summed E-state index contributed by atoms with van der Waals surface area (Å²) >= 11 is 5.81. The van der Waals surface area contributed by atoms with E-state index >= 15 is 0 Å². The van der Waals surface area contributed by atoms with Crippen LogP contribution in [0.2, 0.25) is 5.02 Å². The van der Waals surface area contributed by atoms with E-state index in [1.54, 1.807) is 32.9 Å². The molecular formula is C22H21ClF4N6O4S. The summed E-state index contributed by atoms with van der Waals surface area (Å²) < 4.78 is 72.3. The van der Waals surface area contributed by atoms with Crippen molar-refractivity contribution in [3.8, 4) is 22.8 Å². The average molecular weight is 577 g/mol. The summed E-state index contributed by atoms with van der Waals surface area (Å²) in [5.74, 6) is -2.71. The molecule has 1 aromatic carbocycles. The van der Waals surface area contributed by atoms with E-state index in [0.717, 1.165) is 0 Å². The van der Waals surface area contributed by atoms with Crippen molar-refractivity contribution in [2.75, 3.05) is 5.75 Å². The number of nitrogens with zero attached hydrogens (tertiary/aromatic N) is 4. The van der Waals surface area contributed by atoms with Crippen LogP contribution in [-0.2, 0) is 20.1 Å². The monoisotopic (exact) mass is 576 g/mol. The summed E-state index contributed by atoms with van der Waals surface area (Å²) in [6, 6.07) is 5.98. The Morgan fingerprint density at radius 3 is 2.32 bits per heavy atom. The third-order valence-corrected chi connectivity index (χ3v) is 8.75. The van der Waals surface area contributed by atoms with Crippen LogP contribution < -0.4 is 5.73 Å². The fraction of sp³-hybridized carbons (Fsp3) is 0.318. The molecule has 4 rings (SSSR count). The van der Waals surface area contributed by atoms with Crippen molar-refractivity contribution in [2.24, 2.45) is 10.7 Å². The normalized spacial score (nSPS) is 22.7. The van der Waals surface area contributed by atoms with E-state index in [2.05, 4.69) is 20.1 Å². The number of carboxylic acid groups (broad SMARTS) is 1. The molecule has 1 aliphatic rings. The minimum Gasteiger partial charge on any atom is -0.475 e. The van der Waals surface area contributed by atoms with Crippen molar-refractivity contribution >= 4 is 33.1 Å². The molecule has 2 atom stereocenters. The lowest BCUT2D eigenvalue weighted by molar-refractivity contribution is -0.192. The third-order valence-electron chi connectivity index (χ3n) is 5.73. The van der Waals surface area contributed by atoms with E-state index in [0.29, 0.717) is 27.9 Å². The number of carbonyl (C=O) groups is 1. The van der Waals surface area contributed by atoms with Crippen molar-refractivity contribution < 1.29 is 36.2 Å². The van der Waals surface area contributed by atoms with Gasteiger partial charge in [0.25, 0.3) is 0 Å². The van der Waals surface area contributed by atoms with Crippen LogP contribution in [0.5, 0.6) is 0 Å². The van der Waals surface area contributed by atoms with Gasteiger partial charge in [-0.3, -0.25) is 9.77 Å². The zero-order valence-electron chi connectivity index (χ0n) is 20.0. The van der Waals surface area contributed by atoms with Gasteiger partial charge in [0.05, 0.1) is 20.5 Å². The Balaban J connectivity index is 0.000000505. The topological polar surface area (TPSA) is 168 Å². The Kier molecular flexibility index (Phi) is 7.58. The Hall–Kier alpha value is -3.59. The number of alkyl halides is 3. The predicted octanol–water partition coefficient (Wildman–Crippen LogP) is 4.64. The molecule has 3 aromatic rings. The molecule has 0 radical (unpaired) electrons. The zero-order chi connectivity index (χ0) is 28.7. The minimum absolute atomic E-state index is 0.0629. The second kappa shape index (κ2) is 9.94. The first-order chi connectivity index (χ1) is 17.4. The molecule has 10 nitrogen and oxygen atoms in total. The smallest absolute Gasteiger partial charge is 0.475 e. The van der Waals surface area contributed by atoms with Crippen molar-refractivity contribution in [1.29, 1.82) is 4.78 Å². The Labute approximate surface area is 218 Å². The molecule has 0 fully saturated rings. The molecule has 204 valence electrons. The summed E-state index contributed by atoms with van der Waals surface area (Å²) in [6.45, 7) is 4.85.